The predicted molar refractivity (Wildman–Crippen MR) is 163 cm³/mol. The van der Waals surface area contributed by atoms with E-state index in [0.29, 0.717) is 5.82 Å². The van der Waals surface area contributed by atoms with Gasteiger partial charge >= 0.3 is 0 Å². The van der Waals surface area contributed by atoms with Crippen LogP contribution in [0.15, 0.2) is 122 Å². The lowest BCUT2D eigenvalue weighted by atomic mass is 9.82. The third-order valence-corrected chi connectivity index (χ3v) is 8.43. The zero-order valence-electron chi connectivity index (χ0n) is 22.3. The molecular weight excluding hydrogens is 488 g/mol. The molecule has 0 saturated carbocycles. The molecule has 0 radical (unpaired) electrons. The molecule has 0 saturated heterocycles. The molecule has 1 aliphatic rings. The molecule has 0 bridgehead atoms. The molecular formula is C36H26N4. The highest BCUT2D eigenvalue weighted by atomic mass is 15.0. The van der Waals surface area contributed by atoms with Crippen LogP contribution in [0.1, 0.15) is 25.0 Å². The number of hydrogen-bond acceptors (Lipinski definition) is 3. The smallest absolute Gasteiger partial charge is 0.162 e. The predicted octanol–water partition coefficient (Wildman–Crippen LogP) is 8.61. The van der Waals surface area contributed by atoms with E-state index in [4.69, 9.17) is 0 Å². The first-order chi connectivity index (χ1) is 19.6. The molecule has 7 aromatic rings. The number of nitrogens with zero attached hydrogens (tertiary/aromatic N) is 4. The van der Waals surface area contributed by atoms with Gasteiger partial charge in [-0.1, -0.05) is 80.6 Å². The van der Waals surface area contributed by atoms with Crippen molar-refractivity contribution in [3.05, 3.63) is 133 Å². The maximum absolute atomic E-state index is 4.35. The van der Waals surface area contributed by atoms with Crippen molar-refractivity contribution in [2.75, 3.05) is 0 Å². The van der Waals surface area contributed by atoms with Crippen molar-refractivity contribution in [2.45, 2.75) is 19.3 Å². The van der Waals surface area contributed by atoms with Crippen molar-refractivity contribution >= 4 is 21.8 Å². The summed E-state index contributed by atoms with van der Waals surface area (Å²) in [5.74, 6) is 0.676. The van der Waals surface area contributed by atoms with Crippen molar-refractivity contribution in [3.8, 4) is 39.3 Å². The fraction of sp³-hybridized carbons (Fsp3) is 0.0833. The standard InChI is InChI=1S/C36H26N4/c1-36(2)31-14-7-6-13-27(31)28-19-30-29-18-24(23-9-8-10-25(17-23)35-38-21-37-22-39-35)15-16-33(29)40(34(30)20-32(28)36)26-11-4-3-5-12-26/h3-22H,1-2H3. The van der Waals surface area contributed by atoms with Gasteiger partial charge in [0.1, 0.15) is 12.7 Å². The third kappa shape index (κ3) is 3.29. The summed E-state index contributed by atoms with van der Waals surface area (Å²) in [5.41, 5.74) is 12.3. The average molecular weight is 515 g/mol. The SMILES string of the molecule is CC1(C)c2ccccc2-c2cc3c4cc(-c5cccc(-c6ncncn6)c5)ccc4n(-c4ccccc4)c3cc21. The van der Waals surface area contributed by atoms with Gasteiger partial charge in [-0.25, -0.2) is 15.0 Å². The Morgan fingerprint density at radius 3 is 2.12 bits per heavy atom. The highest BCUT2D eigenvalue weighted by Gasteiger charge is 2.36. The number of fused-ring (bicyclic) bond motifs is 6. The lowest BCUT2D eigenvalue weighted by molar-refractivity contribution is 0.661. The van der Waals surface area contributed by atoms with E-state index in [1.165, 1.54) is 62.4 Å². The first-order valence-corrected chi connectivity index (χ1v) is 13.6. The van der Waals surface area contributed by atoms with E-state index in [2.05, 4.69) is 136 Å². The molecule has 0 N–H and O–H groups in total. The van der Waals surface area contributed by atoms with E-state index in [1.807, 2.05) is 6.07 Å². The number of benzene rings is 5. The molecule has 0 aliphatic heterocycles. The summed E-state index contributed by atoms with van der Waals surface area (Å²) in [6, 6.07) is 39.6. The number of aromatic nitrogens is 4. The largest absolute Gasteiger partial charge is 0.309 e. The first-order valence-electron chi connectivity index (χ1n) is 13.6. The van der Waals surface area contributed by atoms with Crippen LogP contribution >= 0.6 is 0 Å². The molecule has 190 valence electrons. The van der Waals surface area contributed by atoms with Gasteiger partial charge in [0.25, 0.3) is 0 Å². The Labute approximate surface area is 232 Å². The number of rotatable bonds is 3. The summed E-state index contributed by atoms with van der Waals surface area (Å²) >= 11 is 0. The van der Waals surface area contributed by atoms with Gasteiger partial charge in [-0.15, -0.1) is 0 Å². The normalized spacial score (nSPS) is 13.4. The van der Waals surface area contributed by atoms with Gasteiger partial charge in [-0.05, 0) is 75.8 Å². The van der Waals surface area contributed by atoms with E-state index in [9.17, 15) is 0 Å². The Morgan fingerprint density at radius 2 is 1.27 bits per heavy atom. The minimum absolute atomic E-state index is 0.0568. The van der Waals surface area contributed by atoms with Crippen molar-refractivity contribution in [3.63, 3.8) is 0 Å². The van der Waals surface area contributed by atoms with E-state index in [-0.39, 0.29) is 5.41 Å². The maximum Gasteiger partial charge on any atom is 0.162 e. The Bertz CT molecular complexity index is 2070. The van der Waals surface area contributed by atoms with Gasteiger partial charge in [-0.2, -0.15) is 0 Å². The number of hydrogen-bond donors (Lipinski definition) is 0. The molecule has 0 unspecified atom stereocenters. The van der Waals surface area contributed by atoms with Crippen LogP contribution in [-0.4, -0.2) is 19.5 Å². The quantitative estimate of drug-likeness (QED) is 0.237. The highest BCUT2D eigenvalue weighted by Crippen LogP contribution is 2.51. The Morgan fingerprint density at radius 1 is 0.550 bits per heavy atom. The van der Waals surface area contributed by atoms with E-state index in [0.717, 1.165) is 16.7 Å². The summed E-state index contributed by atoms with van der Waals surface area (Å²) in [4.78, 5) is 12.7. The molecule has 0 spiro atoms. The minimum Gasteiger partial charge on any atom is -0.309 e. The molecule has 1 aliphatic carbocycles. The molecule has 2 aromatic heterocycles. The molecule has 4 nitrogen and oxygen atoms in total. The molecule has 4 heteroatoms. The molecule has 0 fully saturated rings. The molecule has 0 amide bonds. The van der Waals surface area contributed by atoms with E-state index < -0.39 is 0 Å². The van der Waals surface area contributed by atoms with E-state index >= 15 is 0 Å². The Hall–Kier alpha value is -5.09. The summed E-state index contributed by atoms with van der Waals surface area (Å²) in [6.45, 7) is 4.69. The first kappa shape index (κ1) is 22.9. The second-order valence-corrected chi connectivity index (χ2v) is 11.0. The van der Waals surface area contributed by atoms with Crippen molar-refractivity contribution < 1.29 is 0 Å². The minimum atomic E-state index is -0.0568. The summed E-state index contributed by atoms with van der Waals surface area (Å²) in [7, 11) is 0. The van der Waals surface area contributed by atoms with Gasteiger partial charge in [0.05, 0.1) is 11.0 Å². The van der Waals surface area contributed by atoms with Crippen LogP contribution in [0.3, 0.4) is 0 Å². The summed E-state index contributed by atoms with van der Waals surface area (Å²) in [5, 5.41) is 2.51. The molecule has 0 atom stereocenters. The van der Waals surface area contributed by atoms with E-state index in [1.54, 1.807) is 0 Å². The highest BCUT2D eigenvalue weighted by molar-refractivity contribution is 6.12. The van der Waals surface area contributed by atoms with Gasteiger partial charge < -0.3 is 4.57 Å². The van der Waals surface area contributed by atoms with Crippen LogP contribution in [0.5, 0.6) is 0 Å². The van der Waals surface area contributed by atoms with Gasteiger partial charge in [0.15, 0.2) is 5.82 Å². The van der Waals surface area contributed by atoms with Gasteiger partial charge in [0, 0.05) is 27.4 Å². The topological polar surface area (TPSA) is 43.6 Å². The zero-order valence-corrected chi connectivity index (χ0v) is 22.3. The zero-order chi connectivity index (χ0) is 26.8. The second-order valence-electron chi connectivity index (χ2n) is 11.0. The third-order valence-electron chi connectivity index (χ3n) is 8.43. The Balaban J connectivity index is 1.40. The summed E-state index contributed by atoms with van der Waals surface area (Å²) < 4.78 is 2.41. The second kappa shape index (κ2) is 8.45. The molecule has 40 heavy (non-hydrogen) atoms. The maximum atomic E-state index is 4.35. The molecule has 5 aromatic carbocycles. The number of para-hydroxylation sites is 1. The lowest BCUT2D eigenvalue weighted by Crippen LogP contribution is -2.14. The van der Waals surface area contributed by atoms with Crippen molar-refractivity contribution in [1.82, 2.24) is 19.5 Å². The monoisotopic (exact) mass is 514 g/mol. The van der Waals surface area contributed by atoms with Crippen LogP contribution in [0.2, 0.25) is 0 Å². The Kier molecular flexibility index (Phi) is 4.83. The van der Waals surface area contributed by atoms with Crippen LogP contribution < -0.4 is 0 Å². The molecule has 8 rings (SSSR count). The summed E-state index contributed by atoms with van der Waals surface area (Å²) in [6.07, 6.45) is 3.08. The van der Waals surface area contributed by atoms with Crippen LogP contribution in [-0.2, 0) is 5.41 Å². The fourth-order valence-electron chi connectivity index (χ4n) is 6.47. The van der Waals surface area contributed by atoms with Crippen LogP contribution in [0, 0.1) is 0 Å². The van der Waals surface area contributed by atoms with Crippen molar-refractivity contribution in [1.29, 1.82) is 0 Å². The van der Waals surface area contributed by atoms with Gasteiger partial charge in [0.2, 0.25) is 0 Å². The fourth-order valence-corrected chi connectivity index (χ4v) is 6.47. The molecule has 2 heterocycles. The average Bonchev–Trinajstić information content (AvgIpc) is 3.45. The van der Waals surface area contributed by atoms with Crippen molar-refractivity contribution in [2.24, 2.45) is 0 Å². The lowest BCUT2D eigenvalue weighted by Gasteiger charge is -2.21. The van der Waals surface area contributed by atoms with Crippen LogP contribution in [0.4, 0.5) is 0 Å². The van der Waals surface area contributed by atoms with Crippen LogP contribution in [0.25, 0.3) is 61.1 Å². The van der Waals surface area contributed by atoms with Gasteiger partial charge in [-0.3, -0.25) is 0 Å².